The predicted molar refractivity (Wildman–Crippen MR) is 74.6 cm³/mol. The Morgan fingerprint density at radius 1 is 1.29 bits per heavy atom. The van der Waals surface area contributed by atoms with E-state index in [4.69, 9.17) is 5.73 Å². The number of benzene rings is 1. The molecule has 3 heteroatoms. The fourth-order valence-electron chi connectivity index (χ4n) is 2.35. The van der Waals surface area contributed by atoms with Crippen molar-refractivity contribution < 1.29 is 0 Å². The molecular weight excluding hydrogens is 210 g/mol. The summed E-state index contributed by atoms with van der Waals surface area (Å²) in [4.78, 5) is 2.44. The highest BCUT2D eigenvalue weighted by Gasteiger charge is 2.26. The summed E-state index contributed by atoms with van der Waals surface area (Å²) in [5, 5.41) is 3.42. The van der Waals surface area contributed by atoms with Crippen molar-refractivity contribution in [1.82, 2.24) is 0 Å². The van der Waals surface area contributed by atoms with Gasteiger partial charge in [-0.3, -0.25) is 0 Å². The van der Waals surface area contributed by atoms with Gasteiger partial charge in [-0.25, -0.2) is 0 Å². The van der Waals surface area contributed by atoms with E-state index in [0.717, 1.165) is 32.5 Å². The monoisotopic (exact) mass is 233 g/mol. The van der Waals surface area contributed by atoms with Crippen molar-refractivity contribution in [2.75, 3.05) is 29.9 Å². The van der Waals surface area contributed by atoms with Gasteiger partial charge in [0.05, 0.1) is 11.4 Å². The molecule has 3 nitrogen and oxygen atoms in total. The van der Waals surface area contributed by atoms with Gasteiger partial charge in [-0.1, -0.05) is 12.1 Å². The fourth-order valence-corrected chi connectivity index (χ4v) is 2.35. The van der Waals surface area contributed by atoms with E-state index < -0.39 is 0 Å². The smallest absolute Gasteiger partial charge is 0.0602 e. The summed E-state index contributed by atoms with van der Waals surface area (Å²) in [6.07, 6.45) is 2.13. The van der Waals surface area contributed by atoms with Crippen molar-refractivity contribution in [3.8, 4) is 0 Å². The van der Waals surface area contributed by atoms with E-state index in [1.807, 2.05) is 0 Å². The van der Waals surface area contributed by atoms with Gasteiger partial charge in [-0.05, 0) is 38.8 Å². The van der Waals surface area contributed by atoms with Crippen LogP contribution < -0.4 is 16.0 Å². The number of nitrogens with one attached hydrogen (secondary N) is 1. The van der Waals surface area contributed by atoms with Gasteiger partial charge in [-0.15, -0.1) is 0 Å². The van der Waals surface area contributed by atoms with Crippen LogP contribution in [0.2, 0.25) is 0 Å². The van der Waals surface area contributed by atoms with Crippen LogP contribution in [0.4, 0.5) is 11.4 Å². The van der Waals surface area contributed by atoms with Gasteiger partial charge < -0.3 is 16.0 Å². The largest absolute Gasteiger partial charge is 0.384 e. The van der Waals surface area contributed by atoms with Crippen molar-refractivity contribution in [1.29, 1.82) is 0 Å². The van der Waals surface area contributed by atoms with Gasteiger partial charge in [0.15, 0.2) is 0 Å². The van der Waals surface area contributed by atoms with Crippen LogP contribution >= 0.6 is 0 Å². The Bertz CT molecular complexity index is 363. The molecule has 2 rings (SSSR count). The van der Waals surface area contributed by atoms with Crippen molar-refractivity contribution in [2.24, 2.45) is 5.73 Å². The first-order chi connectivity index (χ1) is 8.12. The normalized spacial score (nSPS) is 19.1. The Labute approximate surface area is 104 Å². The van der Waals surface area contributed by atoms with Crippen LogP contribution in [0.15, 0.2) is 24.3 Å². The lowest BCUT2D eigenvalue weighted by atomic mass is 9.90. The molecule has 0 spiro atoms. The first kappa shape index (κ1) is 12.2. The number of hydrogen-bond acceptors (Lipinski definition) is 3. The van der Waals surface area contributed by atoms with Gasteiger partial charge in [0.2, 0.25) is 0 Å². The molecule has 0 saturated carbocycles. The lowest BCUT2D eigenvalue weighted by molar-refractivity contribution is 0.364. The minimum absolute atomic E-state index is 0.0175. The molecular formula is C14H23N3. The van der Waals surface area contributed by atoms with Crippen molar-refractivity contribution in [3.05, 3.63) is 24.3 Å². The second-order valence-electron chi connectivity index (χ2n) is 5.19. The Morgan fingerprint density at radius 3 is 2.59 bits per heavy atom. The van der Waals surface area contributed by atoms with Crippen LogP contribution in [-0.4, -0.2) is 25.2 Å². The number of anilines is 2. The summed E-state index contributed by atoms with van der Waals surface area (Å²) < 4.78 is 0. The second kappa shape index (κ2) is 4.96. The topological polar surface area (TPSA) is 41.3 Å². The van der Waals surface area contributed by atoms with Crippen LogP contribution in [-0.2, 0) is 0 Å². The Balaban J connectivity index is 2.12. The number of rotatable bonds is 3. The van der Waals surface area contributed by atoms with Crippen LogP contribution in [0.5, 0.6) is 0 Å². The summed E-state index contributed by atoms with van der Waals surface area (Å²) in [6, 6.07) is 8.52. The molecule has 0 bridgehead atoms. The van der Waals surface area contributed by atoms with E-state index in [0.29, 0.717) is 0 Å². The first-order valence-corrected chi connectivity index (χ1v) is 6.49. The average molecular weight is 233 g/mol. The molecule has 1 saturated heterocycles. The zero-order chi connectivity index (χ0) is 12.3. The molecule has 0 amide bonds. The molecule has 3 N–H and O–H groups in total. The van der Waals surface area contributed by atoms with Crippen LogP contribution in [0.1, 0.15) is 26.7 Å². The Morgan fingerprint density at radius 2 is 1.94 bits per heavy atom. The quantitative estimate of drug-likeness (QED) is 0.842. The van der Waals surface area contributed by atoms with Gasteiger partial charge >= 0.3 is 0 Å². The molecule has 0 aromatic heterocycles. The standard InChI is InChI=1S/C14H23N3/c1-3-16-12-6-4-5-7-13(12)17-10-8-14(2,15)9-11-17/h4-7,16H,3,8-11,15H2,1-2H3. The van der Waals surface area contributed by atoms with Gasteiger partial charge in [0, 0.05) is 25.2 Å². The lowest BCUT2D eigenvalue weighted by Gasteiger charge is -2.38. The van der Waals surface area contributed by atoms with E-state index in [1.165, 1.54) is 11.4 Å². The summed E-state index contributed by atoms with van der Waals surface area (Å²) in [6.45, 7) is 7.34. The third-order valence-electron chi connectivity index (χ3n) is 3.52. The molecule has 0 aliphatic carbocycles. The molecule has 0 radical (unpaired) electrons. The van der Waals surface area contributed by atoms with Crippen molar-refractivity contribution in [3.63, 3.8) is 0 Å². The SMILES string of the molecule is CCNc1ccccc1N1CCC(C)(N)CC1. The minimum atomic E-state index is 0.0175. The Hall–Kier alpha value is -1.22. The predicted octanol–water partition coefficient (Wildman–Crippen LogP) is 2.44. The van der Waals surface area contributed by atoms with E-state index >= 15 is 0 Å². The summed E-state index contributed by atoms with van der Waals surface area (Å²) in [5.41, 5.74) is 8.73. The highest BCUT2D eigenvalue weighted by atomic mass is 15.2. The maximum absolute atomic E-state index is 6.17. The third kappa shape index (κ3) is 2.91. The zero-order valence-corrected chi connectivity index (χ0v) is 10.9. The van der Waals surface area contributed by atoms with Crippen LogP contribution in [0.3, 0.4) is 0 Å². The summed E-state index contributed by atoms with van der Waals surface area (Å²) >= 11 is 0. The fraction of sp³-hybridized carbons (Fsp3) is 0.571. The number of hydrogen-bond donors (Lipinski definition) is 2. The molecule has 17 heavy (non-hydrogen) atoms. The van der Waals surface area contributed by atoms with E-state index in [-0.39, 0.29) is 5.54 Å². The maximum atomic E-state index is 6.17. The van der Waals surface area contributed by atoms with Crippen LogP contribution in [0.25, 0.3) is 0 Å². The number of nitrogens with zero attached hydrogens (tertiary/aromatic N) is 1. The van der Waals surface area contributed by atoms with Crippen molar-refractivity contribution in [2.45, 2.75) is 32.2 Å². The van der Waals surface area contributed by atoms with Crippen LogP contribution in [0, 0.1) is 0 Å². The number of para-hydroxylation sites is 2. The summed E-state index contributed by atoms with van der Waals surface area (Å²) in [7, 11) is 0. The van der Waals surface area contributed by atoms with Gasteiger partial charge in [0.25, 0.3) is 0 Å². The molecule has 0 unspecified atom stereocenters. The van der Waals surface area contributed by atoms with E-state index in [1.54, 1.807) is 0 Å². The van der Waals surface area contributed by atoms with Gasteiger partial charge in [-0.2, -0.15) is 0 Å². The number of piperidine rings is 1. The number of nitrogens with two attached hydrogens (primary N) is 1. The highest BCUT2D eigenvalue weighted by Crippen LogP contribution is 2.30. The highest BCUT2D eigenvalue weighted by molar-refractivity contribution is 5.70. The third-order valence-corrected chi connectivity index (χ3v) is 3.52. The van der Waals surface area contributed by atoms with Gasteiger partial charge in [0.1, 0.15) is 0 Å². The first-order valence-electron chi connectivity index (χ1n) is 6.49. The average Bonchev–Trinajstić information content (AvgIpc) is 2.31. The molecule has 1 aliphatic heterocycles. The molecule has 94 valence electrons. The van der Waals surface area contributed by atoms with E-state index in [9.17, 15) is 0 Å². The molecule has 1 heterocycles. The molecule has 1 aliphatic rings. The molecule has 1 aromatic carbocycles. The maximum Gasteiger partial charge on any atom is 0.0602 e. The summed E-state index contributed by atoms with van der Waals surface area (Å²) in [5.74, 6) is 0. The lowest BCUT2D eigenvalue weighted by Crippen LogP contribution is -2.48. The zero-order valence-electron chi connectivity index (χ0n) is 10.9. The Kier molecular flexibility index (Phi) is 3.57. The second-order valence-corrected chi connectivity index (χ2v) is 5.19. The van der Waals surface area contributed by atoms with Crippen molar-refractivity contribution >= 4 is 11.4 Å². The molecule has 1 fully saturated rings. The molecule has 0 atom stereocenters. The van der Waals surface area contributed by atoms with E-state index in [2.05, 4.69) is 48.3 Å². The molecule has 1 aromatic rings. The minimum Gasteiger partial charge on any atom is -0.384 e.